The fourth-order valence-electron chi connectivity index (χ4n) is 2.79. The number of nitrogens with zero attached hydrogens (tertiary/aromatic N) is 1. The van der Waals surface area contributed by atoms with Gasteiger partial charge in [0, 0.05) is 22.0 Å². The predicted molar refractivity (Wildman–Crippen MR) is 79.1 cm³/mol. The Morgan fingerprint density at radius 2 is 2.00 bits per heavy atom. The lowest BCUT2D eigenvalue weighted by Crippen LogP contribution is -2.30. The van der Waals surface area contributed by atoms with Crippen LogP contribution in [0.4, 0.5) is 0 Å². The van der Waals surface area contributed by atoms with Gasteiger partial charge in [-0.15, -0.1) is 0 Å². The highest BCUT2D eigenvalue weighted by molar-refractivity contribution is 6.31. The summed E-state index contributed by atoms with van der Waals surface area (Å²) in [4.78, 5) is 17.5. The van der Waals surface area contributed by atoms with E-state index in [4.69, 9.17) is 11.6 Å². The summed E-state index contributed by atoms with van der Waals surface area (Å²) in [6, 6.07) is 7.59. The number of aromatic nitrogens is 1. The molecule has 3 nitrogen and oxygen atoms in total. The molecule has 100 valence electrons. The van der Waals surface area contributed by atoms with Gasteiger partial charge in [-0.05, 0) is 56.6 Å². The molecule has 0 radical (unpaired) electrons. The Morgan fingerprint density at radius 3 is 2.74 bits per heavy atom. The van der Waals surface area contributed by atoms with Crippen molar-refractivity contribution < 1.29 is 0 Å². The molecule has 19 heavy (non-hydrogen) atoms. The van der Waals surface area contributed by atoms with Crippen LogP contribution < -0.4 is 5.56 Å². The van der Waals surface area contributed by atoms with Crippen molar-refractivity contribution in [3.05, 3.63) is 45.3 Å². The van der Waals surface area contributed by atoms with Crippen LogP contribution in [0.2, 0.25) is 5.02 Å². The van der Waals surface area contributed by atoms with Gasteiger partial charge in [0.2, 0.25) is 0 Å². The van der Waals surface area contributed by atoms with Crippen LogP contribution in [0.25, 0.3) is 10.8 Å². The number of fused-ring (bicyclic) bond motifs is 1. The monoisotopic (exact) mass is 276 g/mol. The highest BCUT2D eigenvalue weighted by Crippen LogP contribution is 2.27. The van der Waals surface area contributed by atoms with Crippen LogP contribution in [0.1, 0.15) is 24.5 Å². The van der Waals surface area contributed by atoms with E-state index in [2.05, 4.69) is 23.0 Å². The lowest BCUT2D eigenvalue weighted by molar-refractivity contribution is 0.253. The fourth-order valence-corrected chi connectivity index (χ4v) is 2.96. The number of likely N-dealkylation sites (tertiary alicyclic amines) is 1. The van der Waals surface area contributed by atoms with Crippen LogP contribution >= 0.6 is 11.6 Å². The molecule has 1 N–H and O–H groups in total. The normalized spacial score (nSPS) is 18.0. The molecule has 2 heterocycles. The number of piperidine rings is 1. The number of nitrogens with one attached hydrogen (secondary N) is 1. The highest BCUT2D eigenvalue weighted by Gasteiger charge is 2.19. The summed E-state index contributed by atoms with van der Waals surface area (Å²) < 4.78 is 0. The van der Waals surface area contributed by atoms with Crippen molar-refractivity contribution >= 4 is 22.4 Å². The first-order chi connectivity index (χ1) is 9.13. The van der Waals surface area contributed by atoms with Crippen LogP contribution in [0.3, 0.4) is 0 Å². The van der Waals surface area contributed by atoms with Gasteiger partial charge in [0.25, 0.3) is 5.56 Å². The predicted octanol–water partition coefficient (Wildman–Crippen LogP) is 2.99. The van der Waals surface area contributed by atoms with E-state index >= 15 is 0 Å². The van der Waals surface area contributed by atoms with E-state index in [1.807, 2.05) is 12.1 Å². The van der Waals surface area contributed by atoms with Gasteiger partial charge in [-0.1, -0.05) is 17.7 Å². The van der Waals surface area contributed by atoms with Crippen LogP contribution in [0, 0.1) is 0 Å². The molecule has 4 heteroatoms. The maximum absolute atomic E-state index is 12.1. The molecule has 0 saturated carbocycles. The number of rotatable bonds is 1. The van der Waals surface area contributed by atoms with E-state index in [0.29, 0.717) is 16.3 Å². The van der Waals surface area contributed by atoms with Crippen LogP contribution in [-0.2, 0) is 0 Å². The van der Waals surface area contributed by atoms with Crippen LogP contribution in [0.15, 0.2) is 29.1 Å². The second-order valence-corrected chi connectivity index (χ2v) is 5.80. The van der Waals surface area contributed by atoms with Gasteiger partial charge in [0.1, 0.15) is 0 Å². The van der Waals surface area contributed by atoms with Gasteiger partial charge in [0.15, 0.2) is 0 Å². The molecule has 0 bridgehead atoms. The number of pyridine rings is 1. The van der Waals surface area contributed by atoms with Gasteiger partial charge in [-0.3, -0.25) is 4.79 Å². The van der Waals surface area contributed by atoms with Gasteiger partial charge in [-0.2, -0.15) is 0 Å². The molecule has 1 aliphatic rings. The number of aromatic amines is 1. The molecular weight excluding hydrogens is 260 g/mol. The summed E-state index contributed by atoms with van der Waals surface area (Å²) >= 11 is 5.94. The van der Waals surface area contributed by atoms with Gasteiger partial charge in [-0.25, -0.2) is 0 Å². The molecule has 1 aliphatic heterocycles. The molecule has 1 aromatic heterocycles. The third-order valence-corrected chi connectivity index (χ3v) is 4.22. The first-order valence-electron chi connectivity index (χ1n) is 6.64. The average molecular weight is 277 g/mol. The zero-order valence-corrected chi connectivity index (χ0v) is 11.7. The van der Waals surface area contributed by atoms with Crippen molar-refractivity contribution in [1.29, 1.82) is 0 Å². The van der Waals surface area contributed by atoms with Crippen LogP contribution in [-0.4, -0.2) is 30.0 Å². The van der Waals surface area contributed by atoms with E-state index in [1.165, 1.54) is 0 Å². The number of H-pyrrole nitrogens is 1. The topological polar surface area (TPSA) is 36.1 Å². The second kappa shape index (κ2) is 4.99. The first kappa shape index (κ1) is 12.7. The minimum atomic E-state index is -0.0334. The Morgan fingerprint density at radius 1 is 1.26 bits per heavy atom. The van der Waals surface area contributed by atoms with E-state index in [1.54, 1.807) is 6.07 Å². The Labute approximate surface area is 117 Å². The highest BCUT2D eigenvalue weighted by atomic mass is 35.5. The third-order valence-electron chi connectivity index (χ3n) is 3.99. The summed E-state index contributed by atoms with van der Waals surface area (Å²) in [5.74, 6) is 0.462. The third kappa shape index (κ3) is 2.53. The molecule has 0 atom stereocenters. The zero-order chi connectivity index (χ0) is 13.4. The van der Waals surface area contributed by atoms with E-state index < -0.39 is 0 Å². The molecule has 0 amide bonds. The fraction of sp³-hybridized carbons (Fsp3) is 0.400. The van der Waals surface area contributed by atoms with Crippen molar-refractivity contribution in [3.8, 4) is 0 Å². The minimum absolute atomic E-state index is 0.0334. The molecule has 2 aromatic rings. The van der Waals surface area contributed by atoms with Crippen molar-refractivity contribution in [3.63, 3.8) is 0 Å². The SMILES string of the molecule is CN1CCC(c2cc3ccc(Cl)cc3c(=O)[nH]2)CC1. The van der Waals surface area contributed by atoms with Crippen molar-refractivity contribution in [2.45, 2.75) is 18.8 Å². The summed E-state index contributed by atoms with van der Waals surface area (Å²) in [7, 11) is 2.14. The zero-order valence-electron chi connectivity index (χ0n) is 10.9. The van der Waals surface area contributed by atoms with Crippen molar-refractivity contribution in [2.24, 2.45) is 0 Å². The number of hydrogen-bond donors (Lipinski definition) is 1. The second-order valence-electron chi connectivity index (χ2n) is 5.36. The largest absolute Gasteiger partial charge is 0.325 e. The number of benzene rings is 1. The molecule has 1 fully saturated rings. The van der Waals surface area contributed by atoms with E-state index in [0.717, 1.165) is 37.0 Å². The van der Waals surface area contributed by atoms with Crippen molar-refractivity contribution in [1.82, 2.24) is 9.88 Å². The smallest absolute Gasteiger partial charge is 0.256 e. The minimum Gasteiger partial charge on any atom is -0.325 e. The lowest BCUT2D eigenvalue weighted by atomic mass is 9.92. The van der Waals surface area contributed by atoms with E-state index in [9.17, 15) is 4.79 Å². The summed E-state index contributed by atoms with van der Waals surface area (Å²) in [6.07, 6.45) is 2.21. The first-order valence-corrected chi connectivity index (χ1v) is 7.02. The van der Waals surface area contributed by atoms with E-state index in [-0.39, 0.29) is 5.56 Å². The molecule has 1 saturated heterocycles. The molecular formula is C15H17ClN2O. The molecule has 1 aromatic carbocycles. The van der Waals surface area contributed by atoms with Crippen LogP contribution in [0.5, 0.6) is 0 Å². The molecule has 0 unspecified atom stereocenters. The van der Waals surface area contributed by atoms with Gasteiger partial charge in [0.05, 0.1) is 0 Å². The Kier molecular flexibility index (Phi) is 3.33. The maximum atomic E-state index is 12.1. The lowest BCUT2D eigenvalue weighted by Gasteiger charge is -2.28. The average Bonchev–Trinajstić information content (AvgIpc) is 2.40. The Bertz CT molecular complexity index is 657. The van der Waals surface area contributed by atoms with Gasteiger partial charge >= 0.3 is 0 Å². The number of hydrogen-bond acceptors (Lipinski definition) is 2. The van der Waals surface area contributed by atoms with Gasteiger partial charge < -0.3 is 9.88 Å². The molecule has 0 aliphatic carbocycles. The Hall–Kier alpha value is -1.32. The number of halogens is 1. The van der Waals surface area contributed by atoms with Crippen molar-refractivity contribution in [2.75, 3.05) is 20.1 Å². The Balaban J connectivity index is 2.01. The maximum Gasteiger partial charge on any atom is 0.256 e. The summed E-state index contributed by atoms with van der Waals surface area (Å²) in [5, 5.41) is 2.25. The molecule has 0 spiro atoms. The quantitative estimate of drug-likeness (QED) is 0.869. The molecule has 3 rings (SSSR count). The summed E-state index contributed by atoms with van der Waals surface area (Å²) in [5.41, 5.74) is 1.03. The summed E-state index contributed by atoms with van der Waals surface area (Å²) in [6.45, 7) is 2.18. The standard InChI is InChI=1S/C15H17ClN2O/c1-18-6-4-10(5-7-18)14-8-11-2-3-12(16)9-13(11)15(19)17-14/h2-3,8-10H,4-7H2,1H3,(H,17,19).